The molecule has 1 aromatic carbocycles. The zero-order valence-corrected chi connectivity index (χ0v) is 12.0. The van der Waals surface area contributed by atoms with Crippen LogP contribution >= 0.6 is 24.1 Å². The van der Waals surface area contributed by atoms with E-state index in [-0.39, 0.29) is 16.3 Å². The Hall–Kier alpha value is -1.02. The van der Waals surface area contributed by atoms with Crippen molar-refractivity contribution < 1.29 is 36.6 Å². The number of carbonyl (C=O) groups excluding carboxylic acids is 1. The van der Waals surface area contributed by atoms with Crippen molar-refractivity contribution >= 4 is 45.9 Å². The van der Waals surface area contributed by atoms with Gasteiger partial charge in [0, 0.05) is 16.9 Å². The van der Waals surface area contributed by atoms with Crippen molar-refractivity contribution in [2.24, 2.45) is 0 Å². The highest BCUT2D eigenvalue weighted by atomic mass is 32.2. The van der Waals surface area contributed by atoms with Gasteiger partial charge >= 0.3 is 5.97 Å². The van der Waals surface area contributed by atoms with Crippen LogP contribution in [0, 0.1) is 0 Å². The molecule has 0 atom stereocenters. The Morgan fingerprint density at radius 1 is 1.40 bits per heavy atom. The highest BCUT2D eigenvalue weighted by Crippen LogP contribution is 2.27. The average Bonchev–Trinajstić information content (AvgIpc) is 2.36. The summed E-state index contributed by atoms with van der Waals surface area (Å²) in [5.41, 5.74) is 5.27. The first-order chi connectivity index (χ1) is 9.34. The Balaban J connectivity index is 2.64. The van der Waals surface area contributed by atoms with Crippen LogP contribution < -0.4 is 5.73 Å². The fraction of sp³-hybridized carbons (Fsp3) is 0.125. The third kappa shape index (κ3) is 5.54. The van der Waals surface area contributed by atoms with E-state index in [1.165, 1.54) is 12.1 Å². The quantitative estimate of drug-likeness (QED) is 0.163. The molecule has 0 bridgehead atoms. The number of benzene rings is 1. The highest BCUT2D eigenvalue weighted by Gasteiger charge is 2.15. The lowest BCUT2D eigenvalue weighted by molar-refractivity contribution is -0.432. The minimum Gasteiger partial charge on any atom is -0.398 e. The molecule has 12 heteroatoms. The zero-order chi connectivity index (χ0) is 15.2. The summed E-state index contributed by atoms with van der Waals surface area (Å²) in [4.78, 5) is 10.9. The summed E-state index contributed by atoms with van der Waals surface area (Å²) in [6.07, 6.45) is 0. The molecule has 0 aromatic heterocycles. The van der Waals surface area contributed by atoms with Gasteiger partial charge < -0.3 is 9.92 Å². The first-order valence-electron chi connectivity index (χ1n) is 4.68. The van der Waals surface area contributed by atoms with Crippen LogP contribution in [0.15, 0.2) is 28.0 Å². The van der Waals surface area contributed by atoms with Gasteiger partial charge in [-0.3, -0.25) is 9.35 Å². The minimum absolute atomic E-state index is 0.132. The molecule has 0 fully saturated rings. The summed E-state index contributed by atoms with van der Waals surface area (Å²) in [7, 11) is -4.46. The molecule has 0 saturated carbocycles. The van der Waals surface area contributed by atoms with Gasteiger partial charge in [0.15, 0.2) is 0 Å². The van der Waals surface area contributed by atoms with Crippen LogP contribution in [0.1, 0.15) is 0 Å². The molecule has 112 valence electrons. The maximum Gasteiger partial charge on any atom is 0.330 e. The predicted octanol–water partition coefficient (Wildman–Crippen LogP) is 1.14. The summed E-state index contributed by atoms with van der Waals surface area (Å²) in [5, 5.41) is 11.1. The summed E-state index contributed by atoms with van der Waals surface area (Å²) in [6.45, 7) is 0. The van der Waals surface area contributed by atoms with Crippen molar-refractivity contribution in [2.75, 3.05) is 11.5 Å². The number of anilines is 1. The Morgan fingerprint density at radius 2 is 2.10 bits per heavy atom. The van der Waals surface area contributed by atoms with Crippen molar-refractivity contribution in [2.45, 2.75) is 9.79 Å². The van der Waals surface area contributed by atoms with E-state index in [4.69, 9.17) is 19.7 Å². The Morgan fingerprint density at radius 3 is 2.70 bits per heavy atom. The third-order valence-electron chi connectivity index (χ3n) is 1.75. The molecule has 0 spiro atoms. The van der Waals surface area contributed by atoms with E-state index in [2.05, 4.69) is 9.37 Å². The van der Waals surface area contributed by atoms with Gasteiger partial charge in [0.1, 0.15) is 10.6 Å². The number of hydrogen-bond acceptors (Lipinski definition) is 10. The summed E-state index contributed by atoms with van der Waals surface area (Å²) in [6, 6.07) is 3.71. The van der Waals surface area contributed by atoms with Gasteiger partial charge in [-0.2, -0.15) is 8.42 Å². The monoisotopic (exact) mass is 343 g/mol. The van der Waals surface area contributed by atoms with Crippen LogP contribution in [0.2, 0.25) is 0 Å². The zero-order valence-electron chi connectivity index (χ0n) is 9.59. The van der Waals surface area contributed by atoms with Crippen LogP contribution in [0.3, 0.4) is 0 Å². The van der Waals surface area contributed by atoms with Crippen molar-refractivity contribution in [3.63, 3.8) is 0 Å². The molecular weight excluding hydrogens is 334 g/mol. The van der Waals surface area contributed by atoms with E-state index in [0.717, 1.165) is 6.07 Å². The van der Waals surface area contributed by atoms with Crippen LogP contribution in [-0.4, -0.2) is 29.9 Å². The second-order valence-electron chi connectivity index (χ2n) is 3.12. The molecule has 0 radical (unpaired) electrons. The van der Waals surface area contributed by atoms with E-state index >= 15 is 0 Å². The third-order valence-corrected chi connectivity index (χ3v) is 3.88. The average molecular weight is 343 g/mol. The van der Waals surface area contributed by atoms with Gasteiger partial charge in [-0.05, 0) is 18.2 Å². The van der Waals surface area contributed by atoms with Crippen LogP contribution in [-0.2, 0) is 28.5 Å². The molecule has 0 aliphatic carbocycles. The number of rotatable bonds is 7. The van der Waals surface area contributed by atoms with Crippen molar-refractivity contribution in [3.05, 3.63) is 18.2 Å². The lowest BCUT2D eigenvalue weighted by Gasteiger charge is -2.05. The second kappa shape index (κ2) is 7.68. The van der Waals surface area contributed by atoms with Gasteiger partial charge in [0.2, 0.25) is 0 Å². The van der Waals surface area contributed by atoms with E-state index in [1.807, 2.05) is 0 Å². The first kappa shape index (κ1) is 17.0. The van der Waals surface area contributed by atoms with Gasteiger partial charge in [-0.15, -0.1) is 4.33 Å². The number of nitrogens with two attached hydrogens (primary N) is 1. The first-order valence-corrected chi connectivity index (χ1v) is 7.78. The maximum atomic E-state index is 11.2. The molecule has 20 heavy (non-hydrogen) atoms. The fourth-order valence-electron chi connectivity index (χ4n) is 1.00. The summed E-state index contributed by atoms with van der Waals surface area (Å²) in [5.74, 6) is -0.990. The van der Waals surface area contributed by atoms with Crippen molar-refractivity contribution in [3.8, 4) is 0 Å². The van der Waals surface area contributed by atoms with Crippen LogP contribution in [0.25, 0.3) is 0 Å². The molecule has 0 aliphatic rings. The maximum absolute atomic E-state index is 11.2. The molecule has 0 aliphatic heterocycles. The molecule has 9 nitrogen and oxygen atoms in total. The normalized spacial score (nSPS) is 11.3. The van der Waals surface area contributed by atoms with Gasteiger partial charge in [0.05, 0.1) is 17.7 Å². The summed E-state index contributed by atoms with van der Waals surface area (Å²) >= 11 is 1.06. The lowest BCUT2D eigenvalue weighted by Crippen LogP contribution is -2.04. The van der Waals surface area contributed by atoms with Crippen molar-refractivity contribution in [1.82, 2.24) is 0 Å². The van der Waals surface area contributed by atoms with Gasteiger partial charge in [-0.25, -0.2) is 5.26 Å². The second-order valence-corrected chi connectivity index (χ2v) is 5.97. The molecule has 0 heterocycles. The van der Waals surface area contributed by atoms with E-state index in [0.29, 0.717) is 24.1 Å². The highest BCUT2D eigenvalue weighted by molar-refractivity contribution is 7.96. The van der Waals surface area contributed by atoms with E-state index in [1.54, 1.807) is 0 Å². The Bertz CT molecular complexity index is 575. The topological polar surface area (TPSA) is 145 Å². The minimum atomic E-state index is -4.46. The number of carbonyl (C=O) groups is 1. The largest absolute Gasteiger partial charge is 0.398 e. The Labute approximate surface area is 122 Å². The van der Waals surface area contributed by atoms with Crippen molar-refractivity contribution in [1.29, 1.82) is 0 Å². The SMILES string of the molecule is Nc1ccc(SOC(=O)CSOOO)cc1S(=O)(=O)O. The van der Waals surface area contributed by atoms with Gasteiger partial charge in [-0.1, -0.05) is 5.04 Å². The molecule has 0 unspecified atom stereocenters. The van der Waals surface area contributed by atoms with Crippen LogP contribution in [0.5, 0.6) is 0 Å². The summed E-state index contributed by atoms with van der Waals surface area (Å²) < 4.78 is 39.6. The van der Waals surface area contributed by atoms with E-state index < -0.39 is 21.0 Å². The number of nitrogen functional groups attached to an aromatic ring is 1. The van der Waals surface area contributed by atoms with Crippen LogP contribution in [0.4, 0.5) is 5.69 Å². The van der Waals surface area contributed by atoms with Gasteiger partial charge in [0.25, 0.3) is 10.1 Å². The molecule has 1 rings (SSSR count). The Kier molecular flexibility index (Phi) is 6.54. The lowest BCUT2D eigenvalue weighted by atomic mass is 10.3. The number of hydrogen-bond donors (Lipinski definition) is 3. The predicted molar refractivity (Wildman–Crippen MR) is 69.9 cm³/mol. The molecule has 1 aromatic rings. The fourth-order valence-corrected chi connectivity index (χ4v) is 2.58. The molecule has 4 N–H and O–H groups in total. The molecule has 0 amide bonds. The molecular formula is C8H9NO8S3. The van der Waals surface area contributed by atoms with E-state index in [9.17, 15) is 13.2 Å². The smallest absolute Gasteiger partial charge is 0.330 e. The standard InChI is InChI=1S/C8H9NO8S3/c9-6-2-1-5(3-7(6)20(12,13)14)19-15-8(10)4-18-17-16-11/h1-3,11H,4,9H2,(H,12,13,14). The molecule has 0 saturated heterocycles.